The molecule has 1 N–H and O–H groups in total. The first-order chi connectivity index (χ1) is 14.7. The van der Waals surface area contributed by atoms with Gasteiger partial charge in [-0.3, -0.25) is 9.59 Å². The summed E-state index contributed by atoms with van der Waals surface area (Å²) < 4.78 is 6.04. The van der Waals surface area contributed by atoms with Gasteiger partial charge in [0.2, 0.25) is 5.91 Å². The maximum atomic E-state index is 13.2. The van der Waals surface area contributed by atoms with Gasteiger partial charge in [0.15, 0.2) is 0 Å². The number of hydrogen-bond acceptors (Lipinski definition) is 4. The van der Waals surface area contributed by atoms with Gasteiger partial charge in [0.1, 0.15) is 12.4 Å². The number of thioether (sulfide) groups is 1. The number of rotatable bonds is 7. The van der Waals surface area contributed by atoms with Gasteiger partial charge in [0.05, 0.1) is 16.7 Å². The van der Waals surface area contributed by atoms with Crippen LogP contribution in [0, 0.1) is 11.3 Å². The molecule has 2 amide bonds. The summed E-state index contributed by atoms with van der Waals surface area (Å²) in [5.74, 6) is 1.92. The molecule has 0 saturated heterocycles. The minimum atomic E-state index is -0.615. The van der Waals surface area contributed by atoms with Gasteiger partial charge in [-0.25, -0.2) is 0 Å². The van der Waals surface area contributed by atoms with E-state index in [0.29, 0.717) is 36.1 Å². The number of amides is 2. The number of carbonyl (C=O) groups is 2. The third-order valence-corrected chi connectivity index (χ3v) is 6.24. The second-order valence-corrected chi connectivity index (χ2v) is 10.2. The summed E-state index contributed by atoms with van der Waals surface area (Å²) in [4.78, 5) is 28.9. The predicted molar refractivity (Wildman–Crippen MR) is 128 cm³/mol. The van der Waals surface area contributed by atoms with Crippen LogP contribution in [-0.2, 0) is 4.79 Å². The van der Waals surface area contributed by atoms with Crippen LogP contribution in [0.15, 0.2) is 47.4 Å². The fourth-order valence-electron chi connectivity index (χ4n) is 3.47. The van der Waals surface area contributed by atoms with E-state index in [9.17, 15) is 9.59 Å². The second kappa shape index (κ2) is 9.77. The van der Waals surface area contributed by atoms with Gasteiger partial charge in [-0.2, -0.15) is 0 Å². The molecule has 1 aliphatic heterocycles. The van der Waals surface area contributed by atoms with E-state index in [4.69, 9.17) is 4.74 Å². The Labute approximate surface area is 189 Å². The summed E-state index contributed by atoms with van der Waals surface area (Å²) in [7, 11) is 0. The molecule has 5 nitrogen and oxygen atoms in total. The van der Waals surface area contributed by atoms with Crippen LogP contribution in [0.5, 0.6) is 5.75 Å². The number of ether oxygens (including phenoxy) is 1. The highest BCUT2D eigenvalue weighted by atomic mass is 32.2. The second-order valence-electron chi connectivity index (χ2n) is 8.88. The summed E-state index contributed by atoms with van der Waals surface area (Å²) in [5, 5.41) is 2.99. The van der Waals surface area contributed by atoms with Crippen molar-refractivity contribution in [2.24, 2.45) is 11.3 Å². The summed E-state index contributed by atoms with van der Waals surface area (Å²) >= 11 is 1.64. The molecule has 0 bridgehead atoms. The normalized spacial score (nSPS) is 15.3. The van der Waals surface area contributed by atoms with Gasteiger partial charge in [0, 0.05) is 23.2 Å². The Morgan fingerprint density at radius 1 is 1.23 bits per heavy atom. The Balaban J connectivity index is 1.88. The largest absolute Gasteiger partial charge is 0.490 e. The molecule has 0 saturated carbocycles. The Morgan fingerprint density at radius 3 is 2.68 bits per heavy atom. The number of anilines is 2. The zero-order valence-electron chi connectivity index (χ0n) is 19.0. The summed E-state index contributed by atoms with van der Waals surface area (Å²) in [5.41, 5.74) is 1.45. The Morgan fingerprint density at radius 2 is 1.97 bits per heavy atom. The maximum Gasteiger partial charge on any atom is 0.256 e. The standard InChI is InChI=1S/C25H32N2O3S/c1-6-31-22-10-8-7-9-19(22)23(28)26-18-11-12-20-21(15-18)30-16-25(4,5)24(29)27(20)14-13-17(2)3/h7-12,15,17H,6,13-14,16H2,1-5H3,(H,26,28). The average molecular weight is 441 g/mol. The average Bonchev–Trinajstić information content (AvgIpc) is 2.82. The Kier molecular flexibility index (Phi) is 7.31. The molecular weight excluding hydrogens is 408 g/mol. The smallest absolute Gasteiger partial charge is 0.256 e. The molecule has 0 atom stereocenters. The molecule has 2 aromatic rings. The van der Waals surface area contributed by atoms with E-state index in [-0.39, 0.29) is 11.8 Å². The van der Waals surface area contributed by atoms with Crippen LogP contribution in [0.4, 0.5) is 11.4 Å². The van der Waals surface area contributed by atoms with Crippen molar-refractivity contribution in [3.8, 4) is 5.75 Å². The van der Waals surface area contributed by atoms with E-state index in [1.54, 1.807) is 11.8 Å². The van der Waals surface area contributed by atoms with Gasteiger partial charge in [0.25, 0.3) is 5.91 Å². The van der Waals surface area contributed by atoms with Crippen molar-refractivity contribution in [3.63, 3.8) is 0 Å². The molecule has 2 aromatic carbocycles. The van der Waals surface area contributed by atoms with Gasteiger partial charge < -0.3 is 15.0 Å². The number of nitrogens with zero attached hydrogens (tertiary/aromatic N) is 1. The van der Waals surface area contributed by atoms with Crippen LogP contribution in [0.1, 0.15) is 51.4 Å². The summed E-state index contributed by atoms with van der Waals surface area (Å²) in [6.45, 7) is 11.1. The van der Waals surface area contributed by atoms with Crippen LogP contribution < -0.4 is 15.0 Å². The van der Waals surface area contributed by atoms with E-state index in [1.165, 1.54) is 0 Å². The fraction of sp³-hybridized carbons (Fsp3) is 0.440. The minimum absolute atomic E-state index is 0.0641. The van der Waals surface area contributed by atoms with Crippen molar-refractivity contribution < 1.29 is 14.3 Å². The molecule has 1 heterocycles. The van der Waals surface area contributed by atoms with Gasteiger partial charge in [-0.1, -0.05) is 32.9 Å². The molecule has 0 spiro atoms. The van der Waals surface area contributed by atoms with Gasteiger partial charge in [-0.05, 0) is 56.2 Å². The first-order valence-corrected chi connectivity index (χ1v) is 11.8. The fourth-order valence-corrected chi connectivity index (χ4v) is 4.27. The van der Waals surface area contributed by atoms with Gasteiger partial charge in [-0.15, -0.1) is 11.8 Å². The maximum absolute atomic E-state index is 13.2. The monoisotopic (exact) mass is 440 g/mol. The van der Waals surface area contributed by atoms with Crippen LogP contribution in [0.25, 0.3) is 0 Å². The SMILES string of the molecule is CCSc1ccccc1C(=O)Nc1ccc2c(c1)OCC(C)(C)C(=O)N2CCC(C)C. The first-order valence-electron chi connectivity index (χ1n) is 10.8. The molecule has 0 fully saturated rings. The molecule has 31 heavy (non-hydrogen) atoms. The Hall–Kier alpha value is -2.47. The number of fused-ring (bicyclic) bond motifs is 1. The van der Waals surface area contributed by atoms with E-state index in [0.717, 1.165) is 22.8 Å². The zero-order chi connectivity index (χ0) is 22.6. The van der Waals surface area contributed by atoms with E-state index in [2.05, 4.69) is 26.1 Å². The molecule has 166 valence electrons. The van der Waals surface area contributed by atoms with Crippen LogP contribution in [0.2, 0.25) is 0 Å². The number of benzene rings is 2. The topological polar surface area (TPSA) is 58.6 Å². The van der Waals surface area contributed by atoms with Crippen LogP contribution in [0.3, 0.4) is 0 Å². The molecule has 6 heteroatoms. The lowest BCUT2D eigenvalue weighted by Crippen LogP contribution is -2.42. The van der Waals surface area contributed by atoms with Crippen molar-refractivity contribution in [1.82, 2.24) is 0 Å². The predicted octanol–water partition coefficient (Wildman–Crippen LogP) is 5.85. The minimum Gasteiger partial charge on any atom is -0.490 e. The lowest BCUT2D eigenvalue weighted by molar-refractivity contribution is -0.127. The third kappa shape index (κ3) is 5.42. The highest BCUT2D eigenvalue weighted by Crippen LogP contribution is 2.38. The number of nitrogens with one attached hydrogen (secondary N) is 1. The Bertz CT molecular complexity index is 956. The molecular formula is C25H32N2O3S. The quantitative estimate of drug-likeness (QED) is 0.549. The number of hydrogen-bond donors (Lipinski definition) is 1. The summed E-state index contributed by atoms with van der Waals surface area (Å²) in [6.07, 6.45) is 0.908. The van der Waals surface area contributed by atoms with Crippen molar-refractivity contribution in [2.45, 2.75) is 45.9 Å². The van der Waals surface area contributed by atoms with Crippen molar-refractivity contribution in [2.75, 3.05) is 29.1 Å². The lowest BCUT2D eigenvalue weighted by Gasteiger charge is -2.28. The molecule has 1 aliphatic rings. The number of carbonyl (C=O) groups excluding carboxylic acids is 2. The molecule has 0 unspecified atom stereocenters. The molecule has 0 radical (unpaired) electrons. The van der Waals surface area contributed by atoms with Crippen molar-refractivity contribution in [3.05, 3.63) is 48.0 Å². The molecule has 0 aliphatic carbocycles. The molecule has 0 aromatic heterocycles. The van der Waals surface area contributed by atoms with E-state index < -0.39 is 5.41 Å². The van der Waals surface area contributed by atoms with E-state index >= 15 is 0 Å². The lowest BCUT2D eigenvalue weighted by atomic mass is 9.92. The van der Waals surface area contributed by atoms with Crippen molar-refractivity contribution in [1.29, 1.82) is 0 Å². The molecule has 3 rings (SSSR count). The zero-order valence-corrected chi connectivity index (χ0v) is 19.8. The van der Waals surface area contributed by atoms with Crippen molar-refractivity contribution >= 4 is 35.0 Å². The first kappa shape index (κ1) is 23.2. The van der Waals surface area contributed by atoms with Gasteiger partial charge >= 0.3 is 0 Å². The third-order valence-electron chi connectivity index (χ3n) is 5.28. The highest BCUT2D eigenvalue weighted by molar-refractivity contribution is 7.99. The summed E-state index contributed by atoms with van der Waals surface area (Å²) in [6, 6.07) is 13.1. The van der Waals surface area contributed by atoms with Crippen LogP contribution >= 0.6 is 11.8 Å². The highest BCUT2D eigenvalue weighted by Gasteiger charge is 2.37. The van der Waals surface area contributed by atoms with E-state index in [1.807, 2.05) is 61.2 Å². The van der Waals surface area contributed by atoms with Crippen LogP contribution in [-0.4, -0.2) is 30.7 Å².